The van der Waals surface area contributed by atoms with Crippen LogP contribution in [0, 0.1) is 0 Å². The summed E-state index contributed by atoms with van der Waals surface area (Å²) in [5, 5.41) is 9.36. The molecule has 0 aliphatic heterocycles. The molecule has 1 aromatic rings. The summed E-state index contributed by atoms with van der Waals surface area (Å²) in [4.78, 5) is 0. The van der Waals surface area contributed by atoms with Crippen molar-refractivity contribution in [2.24, 2.45) is 16.1 Å². The van der Waals surface area contributed by atoms with Crippen LogP contribution in [0.4, 0.5) is 5.69 Å². The first kappa shape index (κ1) is 8.67. The molecule has 0 bridgehead atoms. The molecule has 0 radical (unpaired) electrons. The van der Waals surface area contributed by atoms with E-state index in [1.54, 1.807) is 12.1 Å². The van der Waals surface area contributed by atoms with Crippen molar-refractivity contribution in [1.29, 1.82) is 0 Å². The summed E-state index contributed by atoms with van der Waals surface area (Å²) >= 11 is 0. The van der Waals surface area contributed by atoms with E-state index < -0.39 is 0 Å². The number of benzene rings is 1. The molecule has 0 saturated carbocycles. The molecule has 0 saturated heterocycles. The number of nitrogens with two attached hydrogens (primary N) is 1. The van der Waals surface area contributed by atoms with Gasteiger partial charge in [0.05, 0.1) is 12.4 Å². The maximum Gasteiger partial charge on any atom is 0.0874 e. The summed E-state index contributed by atoms with van der Waals surface area (Å²) in [5.74, 6) is 0. The van der Waals surface area contributed by atoms with Crippen LogP contribution in [0.5, 0.6) is 0 Å². The first-order valence-corrected chi connectivity index (χ1v) is 3.71. The van der Waals surface area contributed by atoms with Gasteiger partial charge in [-0.05, 0) is 12.1 Å². The number of hydrogen-bond acceptors (Lipinski definition) is 3. The highest BCUT2D eigenvalue weighted by atomic mass is 15.5. The average Bonchev–Trinajstić information content (AvgIpc) is 2.16. The zero-order chi connectivity index (χ0) is 8.81. The van der Waals surface area contributed by atoms with Gasteiger partial charge in [-0.3, -0.25) is 5.01 Å². The van der Waals surface area contributed by atoms with Crippen molar-refractivity contribution in [3.8, 4) is 0 Å². The van der Waals surface area contributed by atoms with E-state index in [4.69, 9.17) is 5.73 Å². The lowest BCUT2D eigenvalue weighted by atomic mass is 10.3. The van der Waals surface area contributed by atoms with Crippen LogP contribution >= 0.6 is 0 Å². The second kappa shape index (κ2) is 4.46. The molecule has 12 heavy (non-hydrogen) atoms. The molecule has 0 aliphatic carbocycles. The van der Waals surface area contributed by atoms with E-state index in [1.807, 2.05) is 30.3 Å². The van der Waals surface area contributed by atoms with Crippen molar-refractivity contribution in [3.63, 3.8) is 0 Å². The van der Waals surface area contributed by atoms with Gasteiger partial charge in [0, 0.05) is 7.05 Å². The van der Waals surface area contributed by atoms with Crippen LogP contribution in [0.25, 0.3) is 0 Å². The molecule has 1 rings (SSSR count). The fourth-order valence-corrected chi connectivity index (χ4v) is 0.659. The third-order valence-electron chi connectivity index (χ3n) is 1.33. The third-order valence-corrected chi connectivity index (χ3v) is 1.33. The lowest BCUT2D eigenvalue weighted by molar-refractivity contribution is 0.342. The number of nitrogens with zero attached hydrogens (tertiary/aromatic N) is 3. The van der Waals surface area contributed by atoms with Crippen LogP contribution in [0.2, 0.25) is 0 Å². The second-order valence-corrected chi connectivity index (χ2v) is 2.37. The molecule has 0 unspecified atom stereocenters. The highest BCUT2D eigenvalue weighted by Crippen LogP contribution is 2.09. The van der Waals surface area contributed by atoms with Gasteiger partial charge in [-0.25, -0.2) is 0 Å². The van der Waals surface area contributed by atoms with E-state index in [1.165, 1.54) is 0 Å². The SMILES string of the molecule is CN(CN)N=Nc1ccccc1. The van der Waals surface area contributed by atoms with E-state index in [0.29, 0.717) is 6.67 Å². The van der Waals surface area contributed by atoms with Crippen LogP contribution < -0.4 is 5.73 Å². The van der Waals surface area contributed by atoms with Crippen molar-refractivity contribution in [3.05, 3.63) is 30.3 Å². The Bertz CT molecular complexity index is 244. The van der Waals surface area contributed by atoms with E-state index >= 15 is 0 Å². The summed E-state index contributed by atoms with van der Waals surface area (Å²) in [7, 11) is 1.77. The minimum absolute atomic E-state index is 0.371. The highest BCUT2D eigenvalue weighted by molar-refractivity contribution is 5.34. The molecule has 0 spiro atoms. The second-order valence-electron chi connectivity index (χ2n) is 2.37. The van der Waals surface area contributed by atoms with Crippen LogP contribution in [0.3, 0.4) is 0 Å². The molecule has 0 amide bonds. The van der Waals surface area contributed by atoms with Crippen LogP contribution in [-0.2, 0) is 0 Å². The minimum Gasteiger partial charge on any atom is -0.313 e. The van der Waals surface area contributed by atoms with Gasteiger partial charge >= 0.3 is 0 Å². The van der Waals surface area contributed by atoms with Crippen LogP contribution in [0.15, 0.2) is 40.7 Å². The van der Waals surface area contributed by atoms with Crippen LogP contribution in [-0.4, -0.2) is 18.7 Å². The lowest BCUT2D eigenvalue weighted by Crippen LogP contribution is -2.19. The summed E-state index contributed by atoms with van der Waals surface area (Å²) < 4.78 is 0. The zero-order valence-corrected chi connectivity index (χ0v) is 7.01. The molecule has 0 fully saturated rings. The van der Waals surface area contributed by atoms with Gasteiger partial charge in [0.25, 0.3) is 0 Å². The number of hydrogen-bond donors (Lipinski definition) is 1. The van der Waals surface area contributed by atoms with E-state index in [9.17, 15) is 0 Å². The summed E-state index contributed by atoms with van der Waals surface area (Å²) in [6.45, 7) is 0.371. The van der Waals surface area contributed by atoms with E-state index in [-0.39, 0.29) is 0 Å². The Morgan fingerprint density at radius 1 is 1.33 bits per heavy atom. The van der Waals surface area contributed by atoms with Crippen molar-refractivity contribution in [2.75, 3.05) is 13.7 Å². The van der Waals surface area contributed by atoms with Gasteiger partial charge in [-0.1, -0.05) is 23.4 Å². The molecule has 4 nitrogen and oxygen atoms in total. The summed E-state index contributed by atoms with van der Waals surface area (Å²) in [6, 6.07) is 9.53. The Morgan fingerprint density at radius 3 is 2.58 bits per heavy atom. The van der Waals surface area contributed by atoms with Gasteiger partial charge < -0.3 is 5.73 Å². The van der Waals surface area contributed by atoms with Gasteiger partial charge in [0.2, 0.25) is 0 Å². The standard InChI is InChI=1S/C8H12N4/c1-12(7-9)11-10-8-5-3-2-4-6-8/h2-6H,7,9H2,1H3. The Balaban J connectivity index is 2.58. The lowest BCUT2D eigenvalue weighted by Gasteiger charge is -2.05. The quantitative estimate of drug-likeness (QED) is 0.418. The third kappa shape index (κ3) is 2.67. The predicted octanol–water partition coefficient (Wildman–Crippen LogP) is 1.53. The van der Waals surface area contributed by atoms with Gasteiger partial charge in [-0.2, -0.15) is 0 Å². The van der Waals surface area contributed by atoms with Gasteiger partial charge in [0.15, 0.2) is 0 Å². The smallest absolute Gasteiger partial charge is 0.0874 e. The molecule has 4 heteroatoms. The van der Waals surface area contributed by atoms with E-state index in [0.717, 1.165) is 5.69 Å². The van der Waals surface area contributed by atoms with Gasteiger partial charge in [0.1, 0.15) is 0 Å². The summed E-state index contributed by atoms with van der Waals surface area (Å²) in [5.41, 5.74) is 6.14. The topological polar surface area (TPSA) is 54.0 Å². The molecular formula is C8H12N4. The predicted molar refractivity (Wildman–Crippen MR) is 47.8 cm³/mol. The molecule has 2 N–H and O–H groups in total. The molecule has 1 aromatic carbocycles. The fraction of sp³-hybridized carbons (Fsp3) is 0.250. The van der Waals surface area contributed by atoms with Crippen LogP contribution in [0.1, 0.15) is 0 Å². The molecule has 0 aliphatic rings. The van der Waals surface area contributed by atoms with E-state index in [2.05, 4.69) is 10.3 Å². The van der Waals surface area contributed by atoms with Crippen molar-refractivity contribution in [1.82, 2.24) is 5.01 Å². The molecule has 64 valence electrons. The zero-order valence-electron chi connectivity index (χ0n) is 7.01. The maximum atomic E-state index is 5.31. The largest absolute Gasteiger partial charge is 0.313 e. The first-order chi connectivity index (χ1) is 5.83. The van der Waals surface area contributed by atoms with Crippen molar-refractivity contribution in [2.45, 2.75) is 0 Å². The summed E-state index contributed by atoms with van der Waals surface area (Å²) in [6.07, 6.45) is 0. The normalized spacial score (nSPS) is 10.5. The average molecular weight is 164 g/mol. The van der Waals surface area contributed by atoms with Crippen molar-refractivity contribution >= 4 is 5.69 Å². The Hall–Kier alpha value is -1.42. The maximum absolute atomic E-state index is 5.31. The Kier molecular flexibility index (Phi) is 3.22. The molecule has 0 heterocycles. The Labute approximate surface area is 71.7 Å². The molecule has 0 atom stereocenters. The van der Waals surface area contributed by atoms with Crippen molar-refractivity contribution < 1.29 is 0 Å². The molecule has 0 aromatic heterocycles. The fourth-order valence-electron chi connectivity index (χ4n) is 0.659. The first-order valence-electron chi connectivity index (χ1n) is 3.71. The Morgan fingerprint density at radius 2 is 2.00 bits per heavy atom. The number of rotatable bonds is 3. The molecular weight excluding hydrogens is 152 g/mol. The van der Waals surface area contributed by atoms with Gasteiger partial charge in [-0.15, -0.1) is 5.11 Å². The monoisotopic (exact) mass is 164 g/mol. The highest BCUT2D eigenvalue weighted by Gasteiger charge is 1.87. The minimum atomic E-state index is 0.371.